The number of methoxy groups -OCH3 is 1. The van der Waals surface area contributed by atoms with Crippen LogP contribution in [0.4, 0.5) is 0 Å². The molecule has 3 N–H and O–H groups in total. The summed E-state index contributed by atoms with van der Waals surface area (Å²) in [4.78, 5) is 0. The van der Waals surface area contributed by atoms with E-state index in [1.165, 1.54) is 0 Å². The Hall–Kier alpha value is -2.04. The Kier molecular flexibility index (Phi) is 5.72. The Morgan fingerprint density at radius 2 is 1.83 bits per heavy atom. The van der Waals surface area contributed by atoms with Crippen LogP contribution in [0.25, 0.3) is 0 Å². The van der Waals surface area contributed by atoms with E-state index in [2.05, 4.69) is 23.5 Å². The van der Waals surface area contributed by atoms with Crippen LogP contribution in [-0.4, -0.2) is 20.2 Å². The summed E-state index contributed by atoms with van der Waals surface area (Å²) in [7, 11) is 1.66. The lowest BCUT2D eigenvalue weighted by molar-refractivity contribution is 0.282. The first-order valence-corrected chi connectivity index (χ1v) is 8.59. The van der Waals surface area contributed by atoms with E-state index in [4.69, 9.17) is 15.2 Å². The zero-order valence-electron chi connectivity index (χ0n) is 14.2. The van der Waals surface area contributed by atoms with Crippen LogP contribution in [0.1, 0.15) is 30.0 Å². The van der Waals surface area contributed by atoms with Crippen molar-refractivity contribution in [3.8, 4) is 11.5 Å². The van der Waals surface area contributed by atoms with Gasteiger partial charge in [-0.15, -0.1) is 0 Å². The molecule has 1 heterocycles. The van der Waals surface area contributed by atoms with Gasteiger partial charge in [-0.1, -0.05) is 36.4 Å². The van der Waals surface area contributed by atoms with Crippen LogP contribution in [0.3, 0.4) is 0 Å². The number of benzene rings is 2. The van der Waals surface area contributed by atoms with Gasteiger partial charge in [0.05, 0.1) is 7.11 Å². The first kappa shape index (κ1) is 16.8. The molecular formula is C20H26N2O2. The summed E-state index contributed by atoms with van der Waals surface area (Å²) in [5, 5.41) is 3.39. The van der Waals surface area contributed by atoms with Gasteiger partial charge >= 0.3 is 0 Å². The normalized spacial score (nSPS) is 16.6. The lowest BCUT2D eigenvalue weighted by atomic mass is 9.86. The molecule has 0 spiro atoms. The minimum atomic E-state index is 0.0390. The number of nitrogens with two attached hydrogens (primary N) is 1. The number of nitrogens with one attached hydrogen (secondary N) is 1. The molecular weight excluding hydrogens is 300 g/mol. The number of hydrogen-bond acceptors (Lipinski definition) is 4. The summed E-state index contributed by atoms with van der Waals surface area (Å²) >= 11 is 0. The quantitative estimate of drug-likeness (QED) is 0.855. The maximum Gasteiger partial charge on any atom is 0.161 e. The topological polar surface area (TPSA) is 56.5 Å². The third-order valence-corrected chi connectivity index (χ3v) is 4.70. The molecule has 3 rings (SSSR count). The van der Waals surface area contributed by atoms with Crippen molar-refractivity contribution < 1.29 is 9.47 Å². The van der Waals surface area contributed by atoms with Gasteiger partial charge in [-0.05, 0) is 55.1 Å². The first-order valence-electron chi connectivity index (χ1n) is 8.59. The van der Waals surface area contributed by atoms with Crippen LogP contribution in [0, 0.1) is 5.92 Å². The SMILES string of the molecule is COc1ccc([C@H](N)C2CCNCC2)cc1OCc1ccccc1. The number of hydrogen-bond donors (Lipinski definition) is 2. The van der Waals surface area contributed by atoms with Gasteiger partial charge in [0.25, 0.3) is 0 Å². The van der Waals surface area contributed by atoms with Crippen molar-refractivity contribution in [3.63, 3.8) is 0 Å². The van der Waals surface area contributed by atoms with Crippen molar-refractivity contribution >= 4 is 0 Å². The fourth-order valence-corrected chi connectivity index (χ4v) is 3.22. The molecule has 0 radical (unpaired) electrons. The van der Waals surface area contributed by atoms with Crippen LogP contribution in [0.2, 0.25) is 0 Å². The Morgan fingerprint density at radius 1 is 1.08 bits per heavy atom. The Morgan fingerprint density at radius 3 is 2.54 bits per heavy atom. The zero-order valence-corrected chi connectivity index (χ0v) is 14.2. The summed E-state index contributed by atoms with van der Waals surface area (Å²) in [5.41, 5.74) is 8.76. The highest BCUT2D eigenvalue weighted by atomic mass is 16.5. The molecule has 0 bridgehead atoms. The van der Waals surface area contributed by atoms with Crippen LogP contribution in [-0.2, 0) is 6.61 Å². The highest BCUT2D eigenvalue weighted by Gasteiger charge is 2.22. The maximum absolute atomic E-state index is 6.51. The number of rotatable bonds is 6. The molecule has 1 aliphatic heterocycles. The van der Waals surface area contributed by atoms with E-state index in [-0.39, 0.29) is 6.04 Å². The lowest BCUT2D eigenvalue weighted by Gasteiger charge is -2.28. The van der Waals surface area contributed by atoms with E-state index < -0.39 is 0 Å². The molecule has 1 aliphatic rings. The molecule has 0 unspecified atom stereocenters. The molecule has 4 heteroatoms. The monoisotopic (exact) mass is 326 g/mol. The van der Waals surface area contributed by atoms with Crippen LogP contribution < -0.4 is 20.5 Å². The van der Waals surface area contributed by atoms with Crippen molar-refractivity contribution in [2.45, 2.75) is 25.5 Å². The van der Waals surface area contributed by atoms with E-state index in [9.17, 15) is 0 Å². The Labute approximate surface area is 144 Å². The molecule has 1 saturated heterocycles. The third-order valence-electron chi connectivity index (χ3n) is 4.70. The lowest BCUT2D eigenvalue weighted by Crippen LogP contribution is -2.33. The van der Waals surface area contributed by atoms with Gasteiger partial charge in [-0.25, -0.2) is 0 Å². The summed E-state index contributed by atoms with van der Waals surface area (Å²) in [5.74, 6) is 2.01. The summed E-state index contributed by atoms with van der Waals surface area (Å²) in [6.07, 6.45) is 2.24. The smallest absolute Gasteiger partial charge is 0.161 e. The van der Waals surface area contributed by atoms with Crippen molar-refractivity contribution in [1.82, 2.24) is 5.32 Å². The van der Waals surface area contributed by atoms with E-state index in [1.54, 1.807) is 7.11 Å². The van der Waals surface area contributed by atoms with Crippen LogP contribution >= 0.6 is 0 Å². The van der Waals surface area contributed by atoms with Gasteiger partial charge in [0.2, 0.25) is 0 Å². The molecule has 1 atom stereocenters. The fourth-order valence-electron chi connectivity index (χ4n) is 3.22. The molecule has 2 aromatic carbocycles. The Bertz CT molecular complexity index is 639. The van der Waals surface area contributed by atoms with Crippen molar-refractivity contribution in [2.24, 2.45) is 11.7 Å². The Balaban J connectivity index is 1.74. The predicted octanol–water partition coefficient (Wildman–Crippen LogP) is 3.27. The van der Waals surface area contributed by atoms with E-state index >= 15 is 0 Å². The van der Waals surface area contributed by atoms with Crippen LogP contribution in [0.15, 0.2) is 48.5 Å². The first-order chi connectivity index (χ1) is 11.8. The standard InChI is InChI=1S/C20H26N2O2/c1-23-18-8-7-17(20(21)16-9-11-22-12-10-16)13-19(18)24-14-15-5-3-2-4-6-15/h2-8,13,16,20,22H,9-12,14,21H2,1H3/t20-/m1/s1. The van der Waals surface area contributed by atoms with E-state index in [0.29, 0.717) is 12.5 Å². The van der Waals surface area contributed by atoms with Crippen molar-refractivity contribution in [2.75, 3.05) is 20.2 Å². The van der Waals surface area contributed by atoms with Gasteiger partial charge < -0.3 is 20.5 Å². The fraction of sp³-hybridized carbons (Fsp3) is 0.400. The molecule has 0 aromatic heterocycles. The molecule has 0 saturated carbocycles. The highest BCUT2D eigenvalue weighted by Crippen LogP contribution is 2.34. The predicted molar refractivity (Wildman–Crippen MR) is 96.3 cm³/mol. The summed E-state index contributed by atoms with van der Waals surface area (Å²) in [6.45, 7) is 2.61. The van der Waals surface area contributed by atoms with E-state index in [0.717, 1.165) is 48.6 Å². The average molecular weight is 326 g/mol. The maximum atomic E-state index is 6.51. The minimum absolute atomic E-state index is 0.0390. The number of ether oxygens (including phenoxy) is 2. The van der Waals surface area contributed by atoms with Gasteiger partial charge in [0.1, 0.15) is 6.61 Å². The average Bonchev–Trinajstić information content (AvgIpc) is 2.67. The van der Waals surface area contributed by atoms with Gasteiger partial charge in [0, 0.05) is 6.04 Å². The van der Waals surface area contributed by atoms with Crippen molar-refractivity contribution in [1.29, 1.82) is 0 Å². The molecule has 0 aliphatic carbocycles. The highest BCUT2D eigenvalue weighted by molar-refractivity contribution is 5.44. The van der Waals surface area contributed by atoms with Crippen molar-refractivity contribution in [3.05, 3.63) is 59.7 Å². The summed E-state index contributed by atoms with van der Waals surface area (Å²) < 4.78 is 11.4. The summed E-state index contributed by atoms with van der Waals surface area (Å²) in [6, 6.07) is 16.2. The van der Waals surface area contributed by atoms with Gasteiger partial charge in [-0.2, -0.15) is 0 Å². The minimum Gasteiger partial charge on any atom is -0.493 e. The second-order valence-corrected chi connectivity index (χ2v) is 6.30. The molecule has 2 aromatic rings. The molecule has 0 amide bonds. The van der Waals surface area contributed by atoms with Gasteiger partial charge in [-0.3, -0.25) is 0 Å². The zero-order chi connectivity index (χ0) is 16.8. The van der Waals surface area contributed by atoms with E-state index in [1.807, 2.05) is 30.3 Å². The molecule has 24 heavy (non-hydrogen) atoms. The van der Waals surface area contributed by atoms with Gasteiger partial charge in [0.15, 0.2) is 11.5 Å². The number of piperidine rings is 1. The molecule has 128 valence electrons. The molecule has 1 fully saturated rings. The largest absolute Gasteiger partial charge is 0.493 e. The van der Waals surface area contributed by atoms with Crippen LogP contribution in [0.5, 0.6) is 11.5 Å². The third kappa shape index (κ3) is 4.08. The second-order valence-electron chi connectivity index (χ2n) is 6.30. The molecule has 4 nitrogen and oxygen atoms in total. The second kappa shape index (κ2) is 8.18.